The second-order valence-corrected chi connectivity index (χ2v) is 8.48. The number of fused-ring (bicyclic) bond motifs is 3. The molecule has 29 heavy (non-hydrogen) atoms. The van der Waals surface area contributed by atoms with Crippen molar-refractivity contribution in [3.63, 3.8) is 0 Å². The van der Waals surface area contributed by atoms with Gasteiger partial charge in [0.05, 0.1) is 15.0 Å². The normalized spacial score (nSPS) is 17.7. The van der Waals surface area contributed by atoms with Crippen molar-refractivity contribution in [1.82, 2.24) is 0 Å². The molecule has 0 heterocycles. The highest BCUT2D eigenvalue weighted by Crippen LogP contribution is 2.56. The minimum atomic E-state index is -1.26. The van der Waals surface area contributed by atoms with Crippen LogP contribution in [0.15, 0.2) is 103 Å². The van der Waals surface area contributed by atoms with Crippen molar-refractivity contribution in [3.8, 4) is 11.1 Å². The zero-order valence-electron chi connectivity index (χ0n) is 23.8. The molecule has 142 valence electrons. The molecule has 0 amide bonds. The van der Waals surface area contributed by atoms with E-state index in [9.17, 15) is 1.37 Å². The highest BCUT2D eigenvalue weighted by molar-refractivity contribution is 5.86. The van der Waals surface area contributed by atoms with Gasteiger partial charge in [0.15, 0.2) is 0 Å². The first-order valence-corrected chi connectivity index (χ1v) is 9.82. The van der Waals surface area contributed by atoms with Crippen LogP contribution in [-0.4, -0.2) is 0 Å². The molecule has 0 unspecified atom stereocenters. The van der Waals surface area contributed by atoms with Crippen LogP contribution < -0.4 is 0 Å². The van der Waals surface area contributed by atoms with Gasteiger partial charge in [-0.15, -0.1) is 0 Å². The molecule has 4 aromatic carbocycles. The van der Waals surface area contributed by atoms with Crippen LogP contribution in [-0.2, 0) is 10.8 Å². The van der Waals surface area contributed by atoms with Gasteiger partial charge in [0, 0.05) is 0 Å². The van der Waals surface area contributed by atoms with E-state index < -0.39 is 10.8 Å². The Morgan fingerprint density at radius 3 is 1.79 bits per heavy atom. The molecule has 0 aliphatic heterocycles. The summed E-state index contributed by atoms with van der Waals surface area (Å²) in [4.78, 5) is 0. The highest BCUT2D eigenvalue weighted by atomic mass is 14.5. The number of benzene rings is 4. The molecule has 1 aliphatic carbocycles. The minimum absolute atomic E-state index is 0.0819. The molecule has 0 saturated heterocycles. The monoisotopic (exact) mass is 381 g/mol. The molecule has 0 atom stereocenters. The van der Waals surface area contributed by atoms with E-state index in [4.69, 9.17) is 8.22 Å². The van der Waals surface area contributed by atoms with Crippen LogP contribution in [0.5, 0.6) is 0 Å². The second kappa shape index (κ2) is 6.46. The molecule has 0 radical (unpaired) electrons. The van der Waals surface area contributed by atoms with Crippen LogP contribution in [0, 0.1) is 0 Å². The molecule has 0 nitrogen and oxygen atoms in total. The first-order valence-electron chi connectivity index (χ1n) is 13.3. The summed E-state index contributed by atoms with van der Waals surface area (Å²) in [5, 5.41) is 0. The highest BCUT2D eigenvalue weighted by Gasteiger charge is 2.46. The average Bonchev–Trinajstić information content (AvgIpc) is 3.18. The van der Waals surface area contributed by atoms with E-state index in [1.54, 1.807) is 0 Å². The van der Waals surface area contributed by atoms with E-state index in [1.165, 1.54) is 0 Å². The third-order valence-electron chi connectivity index (χ3n) is 5.66. The van der Waals surface area contributed by atoms with Crippen molar-refractivity contribution in [2.45, 2.75) is 31.6 Å². The average molecular weight is 382 g/mol. The minimum Gasteiger partial charge on any atom is -0.0622 e. The third kappa shape index (κ3) is 2.59. The Balaban J connectivity index is 2.17. The molecule has 0 saturated carbocycles. The SMILES string of the molecule is [2H]c1c([2H])c([2H])c2c(c1[2H])-c1c([2H])c([2H])c(C(C)(C)C)c([2H])c1C2(c1ccccc1)c1ccccc1. The van der Waals surface area contributed by atoms with Gasteiger partial charge in [-0.3, -0.25) is 0 Å². The number of hydrogen-bond acceptors (Lipinski definition) is 0. The van der Waals surface area contributed by atoms with Crippen molar-refractivity contribution in [3.05, 3.63) is 131 Å². The summed E-state index contributed by atoms with van der Waals surface area (Å²) in [5.74, 6) is 0. The Bertz CT molecular complexity index is 1480. The molecular formula is C29H26. The maximum absolute atomic E-state index is 9.48. The molecule has 5 rings (SSSR count). The van der Waals surface area contributed by atoms with E-state index in [-0.39, 0.29) is 53.4 Å². The molecular weight excluding hydrogens is 348 g/mol. The first kappa shape index (κ1) is 11.8. The van der Waals surface area contributed by atoms with Gasteiger partial charge in [0.25, 0.3) is 0 Å². The van der Waals surface area contributed by atoms with Crippen LogP contribution in [0.2, 0.25) is 0 Å². The van der Waals surface area contributed by atoms with Gasteiger partial charge >= 0.3 is 0 Å². The molecule has 0 heteroatoms. The predicted molar refractivity (Wildman–Crippen MR) is 122 cm³/mol. The van der Waals surface area contributed by atoms with Crippen LogP contribution in [0.4, 0.5) is 0 Å². The fourth-order valence-corrected chi connectivity index (χ4v) is 4.28. The molecule has 0 fully saturated rings. The zero-order valence-corrected chi connectivity index (χ0v) is 16.8. The largest absolute Gasteiger partial charge is 0.0713 e. The van der Waals surface area contributed by atoms with E-state index >= 15 is 0 Å². The van der Waals surface area contributed by atoms with E-state index in [0.29, 0.717) is 16.7 Å². The molecule has 1 aliphatic rings. The van der Waals surface area contributed by atoms with E-state index in [2.05, 4.69) is 0 Å². The van der Waals surface area contributed by atoms with Gasteiger partial charge in [-0.2, -0.15) is 0 Å². The lowest BCUT2D eigenvalue weighted by Crippen LogP contribution is -2.29. The first-order chi connectivity index (χ1) is 17.0. The molecule has 0 spiro atoms. The van der Waals surface area contributed by atoms with Gasteiger partial charge in [0.1, 0.15) is 0 Å². The Labute approximate surface area is 183 Å². The van der Waals surface area contributed by atoms with Crippen molar-refractivity contribution in [1.29, 1.82) is 0 Å². The summed E-state index contributed by atoms with van der Waals surface area (Å²) < 4.78 is 62.3. The summed E-state index contributed by atoms with van der Waals surface area (Å²) in [6.07, 6.45) is 0. The van der Waals surface area contributed by atoms with Crippen molar-refractivity contribution in [2.75, 3.05) is 0 Å². The molecule has 0 bridgehead atoms. The quantitative estimate of drug-likeness (QED) is 0.300. The van der Waals surface area contributed by atoms with Gasteiger partial charge in [-0.1, -0.05) is 124 Å². The van der Waals surface area contributed by atoms with Gasteiger partial charge in [-0.25, -0.2) is 0 Å². The van der Waals surface area contributed by atoms with Crippen LogP contribution in [0.25, 0.3) is 11.1 Å². The maximum Gasteiger partial charge on any atom is 0.0713 e. The lowest BCUT2D eigenvalue weighted by atomic mass is 9.67. The van der Waals surface area contributed by atoms with E-state index in [1.807, 2.05) is 81.4 Å². The van der Waals surface area contributed by atoms with Crippen LogP contribution >= 0.6 is 0 Å². The second-order valence-electron chi connectivity index (χ2n) is 8.48. The summed E-state index contributed by atoms with van der Waals surface area (Å²) in [5.41, 5.74) is 1.25. The standard InChI is InChI=1S/C29H26/c1-28(2,3)23-18-19-25-24-16-10-11-17-26(24)29(27(25)20-23,21-12-6-4-7-13-21)22-14-8-5-9-15-22/h4-20H,1-3H3/i10D,11D,16D,17D,18D,19D,20D. The van der Waals surface area contributed by atoms with Crippen molar-refractivity contribution < 1.29 is 9.60 Å². The van der Waals surface area contributed by atoms with Gasteiger partial charge in [0.2, 0.25) is 0 Å². The topological polar surface area (TPSA) is 0 Å². The van der Waals surface area contributed by atoms with Gasteiger partial charge in [-0.05, 0) is 44.4 Å². The number of hydrogen-bond donors (Lipinski definition) is 0. The lowest BCUT2D eigenvalue weighted by Gasteiger charge is -2.34. The summed E-state index contributed by atoms with van der Waals surface area (Å²) in [6, 6.07) is 17.6. The van der Waals surface area contributed by atoms with Crippen LogP contribution in [0.1, 0.15) is 58.2 Å². The smallest absolute Gasteiger partial charge is 0.0622 e. The Hall–Kier alpha value is -3.12. The fourth-order valence-electron chi connectivity index (χ4n) is 4.28. The molecule has 0 aromatic heterocycles. The Morgan fingerprint density at radius 1 is 0.655 bits per heavy atom. The Morgan fingerprint density at radius 2 is 1.21 bits per heavy atom. The summed E-state index contributed by atoms with van der Waals surface area (Å²) in [6.45, 7) is 5.73. The Kier molecular flexibility index (Phi) is 2.62. The van der Waals surface area contributed by atoms with Crippen molar-refractivity contribution >= 4 is 0 Å². The zero-order chi connectivity index (χ0) is 26.2. The molecule has 0 N–H and O–H groups in total. The number of rotatable bonds is 2. The predicted octanol–water partition coefficient (Wildman–Crippen LogP) is 7.35. The summed E-state index contributed by atoms with van der Waals surface area (Å²) >= 11 is 0. The van der Waals surface area contributed by atoms with E-state index in [0.717, 1.165) is 11.1 Å². The van der Waals surface area contributed by atoms with Gasteiger partial charge < -0.3 is 0 Å². The maximum atomic E-state index is 9.48. The summed E-state index contributed by atoms with van der Waals surface area (Å²) in [7, 11) is 0. The van der Waals surface area contributed by atoms with Crippen molar-refractivity contribution in [2.24, 2.45) is 0 Å². The third-order valence-corrected chi connectivity index (χ3v) is 5.66. The molecule has 4 aromatic rings. The fraction of sp³-hybridized carbons (Fsp3) is 0.172. The van der Waals surface area contributed by atoms with Crippen LogP contribution in [0.3, 0.4) is 0 Å². The lowest BCUT2D eigenvalue weighted by molar-refractivity contribution is 0.588.